The summed E-state index contributed by atoms with van der Waals surface area (Å²) in [5.41, 5.74) is 1.46. The van der Waals surface area contributed by atoms with Crippen LogP contribution < -0.4 is 10.2 Å². The van der Waals surface area contributed by atoms with Crippen LogP contribution in [0.2, 0.25) is 0 Å². The van der Waals surface area contributed by atoms with E-state index in [1.165, 1.54) is 18.5 Å². The van der Waals surface area contributed by atoms with Crippen LogP contribution in [0.5, 0.6) is 0 Å². The van der Waals surface area contributed by atoms with Crippen molar-refractivity contribution >= 4 is 22.7 Å². The largest absolute Gasteiger partial charge is 0.394 e. The Morgan fingerprint density at radius 3 is 3.12 bits per heavy atom. The van der Waals surface area contributed by atoms with Gasteiger partial charge in [-0.2, -0.15) is 0 Å². The van der Waals surface area contributed by atoms with Crippen molar-refractivity contribution in [3.8, 4) is 0 Å². The van der Waals surface area contributed by atoms with Crippen LogP contribution in [-0.2, 0) is 6.42 Å². The van der Waals surface area contributed by atoms with Gasteiger partial charge >= 0.3 is 0 Å². The molecular weight excluding hydrogens is 335 g/mol. The molecule has 0 saturated carbocycles. The van der Waals surface area contributed by atoms with Crippen molar-refractivity contribution in [2.75, 3.05) is 29.9 Å². The van der Waals surface area contributed by atoms with Crippen molar-refractivity contribution in [2.24, 2.45) is 0 Å². The maximum atomic E-state index is 13.2. The Morgan fingerprint density at radius 2 is 2.23 bits per heavy atom. The molecule has 3 aromatic rings. The fraction of sp³-hybridized carbons (Fsp3) is 0.389. The van der Waals surface area contributed by atoms with Gasteiger partial charge in [-0.05, 0) is 31.0 Å². The quantitative estimate of drug-likeness (QED) is 0.627. The number of rotatable bonds is 6. The first-order chi connectivity index (χ1) is 12.7. The summed E-state index contributed by atoms with van der Waals surface area (Å²) in [6, 6.07) is 6.56. The zero-order chi connectivity index (χ0) is 17.9. The highest BCUT2D eigenvalue weighted by Gasteiger charge is 2.25. The van der Waals surface area contributed by atoms with E-state index in [4.69, 9.17) is 0 Å². The van der Waals surface area contributed by atoms with Crippen LogP contribution in [0, 0.1) is 5.82 Å². The van der Waals surface area contributed by atoms with Crippen molar-refractivity contribution in [3.05, 3.63) is 42.2 Å². The zero-order valence-corrected chi connectivity index (χ0v) is 14.3. The van der Waals surface area contributed by atoms with Crippen molar-refractivity contribution in [2.45, 2.75) is 25.3 Å². The van der Waals surface area contributed by atoms with E-state index in [2.05, 4.69) is 30.2 Å². The third-order valence-electron chi connectivity index (χ3n) is 4.70. The number of H-pyrrole nitrogens is 1. The summed E-state index contributed by atoms with van der Waals surface area (Å²) in [7, 11) is 0. The van der Waals surface area contributed by atoms with E-state index in [-0.39, 0.29) is 18.5 Å². The number of hydrogen-bond acceptors (Lipinski definition) is 6. The molecule has 8 heteroatoms. The van der Waals surface area contributed by atoms with Gasteiger partial charge in [0.05, 0.1) is 23.7 Å². The molecule has 136 valence electrons. The highest BCUT2D eigenvalue weighted by molar-refractivity contribution is 5.74. The predicted molar refractivity (Wildman–Crippen MR) is 97.7 cm³/mol. The van der Waals surface area contributed by atoms with Gasteiger partial charge in [0.2, 0.25) is 0 Å². The van der Waals surface area contributed by atoms with Crippen LogP contribution in [0.25, 0.3) is 11.0 Å². The van der Waals surface area contributed by atoms with E-state index in [0.29, 0.717) is 18.5 Å². The van der Waals surface area contributed by atoms with Crippen LogP contribution in [0.4, 0.5) is 16.0 Å². The fourth-order valence-electron chi connectivity index (χ4n) is 3.39. The smallest absolute Gasteiger partial charge is 0.134 e. The molecule has 3 N–H and O–H groups in total. The second-order valence-electron chi connectivity index (χ2n) is 6.46. The Labute approximate surface area is 150 Å². The molecular formula is C18H21FN6O. The minimum absolute atomic E-state index is 0.133. The highest BCUT2D eigenvalue weighted by atomic mass is 19.1. The number of aliphatic hydroxyl groups is 1. The van der Waals surface area contributed by atoms with Gasteiger partial charge in [0, 0.05) is 25.6 Å². The minimum Gasteiger partial charge on any atom is -0.394 e. The molecule has 0 amide bonds. The molecule has 1 aromatic carbocycles. The van der Waals surface area contributed by atoms with Crippen LogP contribution in [0.15, 0.2) is 30.6 Å². The maximum absolute atomic E-state index is 13.2. The normalized spacial score (nSPS) is 17.2. The summed E-state index contributed by atoms with van der Waals surface area (Å²) < 4.78 is 13.2. The van der Waals surface area contributed by atoms with Gasteiger partial charge in [-0.3, -0.25) is 0 Å². The van der Waals surface area contributed by atoms with E-state index in [1.807, 2.05) is 6.07 Å². The van der Waals surface area contributed by atoms with E-state index in [1.54, 1.807) is 6.07 Å². The number of aromatic nitrogens is 4. The topological polar surface area (TPSA) is 90.0 Å². The third-order valence-corrected chi connectivity index (χ3v) is 4.70. The van der Waals surface area contributed by atoms with Crippen LogP contribution in [0.3, 0.4) is 0 Å². The van der Waals surface area contributed by atoms with E-state index in [9.17, 15) is 9.50 Å². The fourth-order valence-corrected chi connectivity index (χ4v) is 3.39. The lowest BCUT2D eigenvalue weighted by Crippen LogP contribution is -2.32. The molecule has 7 nitrogen and oxygen atoms in total. The highest BCUT2D eigenvalue weighted by Crippen LogP contribution is 2.24. The number of aliphatic hydroxyl groups excluding tert-OH is 1. The first-order valence-corrected chi connectivity index (χ1v) is 8.80. The van der Waals surface area contributed by atoms with Gasteiger partial charge in [0.15, 0.2) is 0 Å². The van der Waals surface area contributed by atoms with E-state index >= 15 is 0 Å². The molecule has 1 fully saturated rings. The standard InChI is InChI=1S/C18H21FN6O/c19-12-3-4-14-15(8-12)24-16(23-14)5-6-20-17-9-18(22-11-21-17)25-7-1-2-13(25)10-26/h3-4,8-9,11,13,26H,1-2,5-7,10H2,(H,23,24)(H,20,21,22). The summed E-state index contributed by atoms with van der Waals surface area (Å²) in [5, 5.41) is 12.7. The van der Waals surface area contributed by atoms with Gasteiger partial charge in [-0.15, -0.1) is 0 Å². The van der Waals surface area contributed by atoms with Crippen molar-refractivity contribution in [3.63, 3.8) is 0 Å². The van der Waals surface area contributed by atoms with Gasteiger partial charge in [-0.1, -0.05) is 0 Å². The summed E-state index contributed by atoms with van der Waals surface area (Å²) in [4.78, 5) is 18.3. The van der Waals surface area contributed by atoms with Crippen LogP contribution in [0.1, 0.15) is 18.7 Å². The van der Waals surface area contributed by atoms with Crippen molar-refractivity contribution in [1.82, 2.24) is 19.9 Å². The van der Waals surface area contributed by atoms with Crippen molar-refractivity contribution < 1.29 is 9.50 Å². The van der Waals surface area contributed by atoms with Crippen molar-refractivity contribution in [1.29, 1.82) is 0 Å². The van der Waals surface area contributed by atoms with Gasteiger partial charge < -0.3 is 20.3 Å². The van der Waals surface area contributed by atoms with Gasteiger partial charge in [0.25, 0.3) is 0 Å². The molecule has 0 spiro atoms. The Balaban J connectivity index is 1.39. The second kappa shape index (κ2) is 7.25. The number of fused-ring (bicyclic) bond motifs is 1. The Morgan fingerprint density at radius 1 is 1.31 bits per heavy atom. The Hall–Kier alpha value is -2.74. The lowest BCUT2D eigenvalue weighted by molar-refractivity contribution is 0.266. The SMILES string of the molecule is OCC1CCCN1c1cc(NCCc2nc3ccc(F)cc3[nH]2)ncn1. The lowest BCUT2D eigenvalue weighted by atomic mass is 10.2. The molecule has 1 aliphatic heterocycles. The number of imidazole rings is 1. The molecule has 4 rings (SSSR count). The average molecular weight is 356 g/mol. The van der Waals surface area contributed by atoms with Gasteiger partial charge in [0.1, 0.15) is 29.6 Å². The molecule has 1 unspecified atom stereocenters. The number of nitrogens with zero attached hydrogens (tertiary/aromatic N) is 4. The average Bonchev–Trinajstić information content (AvgIpc) is 3.27. The number of nitrogens with one attached hydrogen (secondary N) is 2. The summed E-state index contributed by atoms with van der Waals surface area (Å²) in [6.45, 7) is 1.68. The van der Waals surface area contributed by atoms with Gasteiger partial charge in [-0.25, -0.2) is 19.3 Å². The predicted octanol–water partition coefficient (Wildman–Crippen LogP) is 2.11. The van der Waals surface area contributed by atoms with Crippen LogP contribution >= 0.6 is 0 Å². The number of benzene rings is 1. The molecule has 3 heterocycles. The van der Waals surface area contributed by atoms with E-state index < -0.39 is 0 Å². The Kier molecular flexibility index (Phi) is 4.66. The number of hydrogen-bond donors (Lipinski definition) is 3. The number of halogens is 1. The summed E-state index contributed by atoms with van der Waals surface area (Å²) in [6.07, 6.45) is 4.24. The molecule has 1 atom stereocenters. The third kappa shape index (κ3) is 3.45. The van der Waals surface area contributed by atoms with Crippen LogP contribution in [-0.4, -0.2) is 50.8 Å². The molecule has 1 aliphatic rings. The zero-order valence-electron chi connectivity index (χ0n) is 14.3. The summed E-state index contributed by atoms with van der Waals surface area (Å²) in [5.74, 6) is 2.09. The molecule has 0 radical (unpaired) electrons. The number of anilines is 2. The maximum Gasteiger partial charge on any atom is 0.134 e. The molecule has 2 aromatic heterocycles. The monoisotopic (exact) mass is 356 g/mol. The van der Waals surface area contributed by atoms with E-state index in [0.717, 1.165) is 42.4 Å². The second-order valence-corrected chi connectivity index (χ2v) is 6.46. The lowest BCUT2D eigenvalue weighted by Gasteiger charge is -2.24. The molecule has 0 aliphatic carbocycles. The molecule has 26 heavy (non-hydrogen) atoms. The summed E-state index contributed by atoms with van der Waals surface area (Å²) >= 11 is 0. The first kappa shape index (κ1) is 16.7. The first-order valence-electron chi connectivity index (χ1n) is 8.80. The minimum atomic E-state index is -0.276. The molecule has 0 bridgehead atoms. The molecule has 1 saturated heterocycles. The Bertz CT molecular complexity index is 898. The number of aromatic amines is 1.